The monoisotopic (exact) mass is 391 g/mol. The van der Waals surface area contributed by atoms with Crippen molar-refractivity contribution in [2.24, 2.45) is 10.9 Å². The van der Waals surface area contributed by atoms with E-state index in [-0.39, 0.29) is 11.9 Å². The Hall–Kier alpha value is -1.51. The molecular formula is C18H32F3N5O. The van der Waals surface area contributed by atoms with E-state index in [1.165, 1.54) is 4.90 Å². The molecule has 2 aliphatic heterocycles. The Balaban J connectivity index is 1.63. The average molecular weight is 391 g/mol. The van der Waals surface area contributed by atoms with Gasteiger partial charge < -0.3 is 15.5 Å². The number of halogens is 3. The van der Waals surface area contributed by atoms with Gasteiger partial charge in [0, 0.05) is 39.1 Å². The van der Waals surface area contributed by atoms with Crippen molar-refractivity contribution >= 4 is 11.9 Å². The van der Waals surface area contributed by atoms with E-state index in [1.807, 2.05) is 11.8 Å². The summed E-state index contributed by atoms with van der Waals surface area (Å²) in [7, 11) is 1.72. The SMILES string of the molecule is CCC(=O)N1CCC(NC(=NC)NCCC2CCN(CC(F)(F)F)CC2)C1. The van der Waals surface area contributed by atoms with Gasteiger partial charge in [0.2, 0.25) is 5.91 Å². The van der Waals surface area contributed by atoms with E-state index >= 15 is 0 Å². The Morgan fingerprint density at radius 3 is 2.48 bits per heavy atom. The molecule has 1 unspecified atom stereocenters. The number of carbonyl (C=O) groups is 1. The molecule has 2 saturated heterocycles. The number of alkyl halides is 3. The summed E-state index contributed by atoms with van der Waals surface area (Å²) in [6.07, 6.45) is -0.137. The number of piperidine rings is 1. The van der Waals surface area contributed by atoms with E-state index in [9.17, 15) is 18.0 Å². The topological polar surface area (TPSA) is 60.0 Å². The molecule has 0 saturated carbocycles. The van der Waals surface area contributed by atoms with Gasteiger partial charge in [-0.1, -0.05) is 6.92 Å². The van der Waals surface area contributed by atoms with Gasteiger partial charge in [0.15, 0.2) is 5.96 Å². The molecule has 2 aliphatic rings. The Morgan fingerprint density at radius 2 is 1.89 bits per heavy atom. The van der Waals surface area contributed by atoms with Crippen LogP contribution in [0.15, 0.2) is 4.99 Å². The highest BCUT2D eigenvalue weighted by Gasteiger charge is 2.32. The number of hydrogen-bond acceptors (Lipinski definition) is 3. The first-order valence-corrected chi connectivity index (χ1v) is 9.84. The van der Waals surface area contributed by atoms with Crippen LogP contribution in [0.2, 0.25) is 0 Å². The number of nitrogens with zero attached hydrogens (tertiary/aromatic N) is 3. The van der Waals surface area contributed by atoms with E-state index in [0.29, 0.717) is 32.0 Å². The van der Waals surface area contributed by atoms with Crippen LogP contribution in [0.4, 0.5) is 13.2 Å². The van der Waals surface area contributed by atoms with Crippen molar-refractivity contribution in [3.8, 4) is 0 Å². The highest BCUT2D eigenvalue weighted by atomic mass is 19.4. The Kier molecular flexibility index (Phi) is 8.19. The van der Waals surface area contributed by atoms with Gasteiger partial charge in [-0.05, 0) is 44.7 Å². The van der Waals surface area contributed by atoms with Crippen molar-refractivity contribution in [2.45, 2.75) is 51.2 Å². The summed E-state index contributed by atoms with van der Waals surface area (Å²) in [5, 5.41) is 6.65. The predicted molar refractivity (Wildman–Crippen MR) is 99.6 cm³/mol. The number of likely N-dealkylation sites (tertiary alicyclic amines) is 2. The van der Waals surface area contributed by atoms with E-state index < -0.39 is 12.7 Å². The molecule has 2 heterocycles. The fourth-order valence-electron chi connectivity index (χ4n) is 3.80. The molecule has 0 aromatic heterocycles. The molecule has 9 heteroatoms. The number of nitrogens with one attached hydrogen (secondary N) is 2. The quantitative estimate of drug-likeness (QED) is 0.536. The molecule has 0 aromatic rings. The number of hydrogen-bond donors (Lipinski definition) is 2. The van der Waals surface area contributed by atoms with Crippen LogP contribution in [0.5, 0.6) is 0 Å². The van der Waals surface area contributed by atoms with Gasteiger partial charge in [-0.15, -0.1) is 0 Å². The second kappa shape index (κ2) is 10.1. The molecule has 2 N–H and O–H groups in total. The minimum absolute atomic E-state index is 0.180. The molecule has 0 aliphatic carbocycles. The molecule has 0 aromatic carbocycles. The summed E-state index contributed by atoms with van der Waals surface area (Å²) in [6.45, 7) is 4.32. The molecule has 0 spiro atoms. The minimum Gasteiger partial charge on any atom is -0.356 e. The second-order valence-electron chi connectivity index (χ2n) is 7.45. The fourth-order valence-corrected chi connectivity index (χ4v) is 3.80. The Labute approximate surface area is 159 Å². The Morgan fingerprint density at radius 1 is 1.19 bits per heavy atom. The third kappa shape index (κ3) is 7.56. The highest BCUT2D eigenvalue weighted by molar-refractivity contribution is 5.80. The standard InChI is InChI=1S/C18H32F3N5O/c1-3-16(27)26-11-7-15(12-26)24-17(22-2)23-8-4-14-5-9-25(10-6-14)13-18(19,20)21/h14-15H,3-13H2,1-2H3,(H2,22,23,24). The lowest BCUT2D eigenvalue weighted by molar-refractivity contribution is -0.148. The number of carbonyl (C=O) groups excluding carboxylic acids is 1. The van der Waals surface area contributed by atoms with Gasteiger partial charge in [-0.2, -0.15) is 13.2 Å². The summed E-state index contributed by atoms with van der Waals surface area (Å²) < 4.78 is 37.3. The van der Waals surface area contributed by atoms with Crippen molar-refractivity contribution < 1.29 is 18.0 Å². The molecular weight excluding hydrogens is 359 g/mol. The zero-order valence-corrected chi connectivity index (χ0v) is 16.3. The summed E-state index contributed by atoms with van der Waals surface area (Å²) in [5.74, 6) is 1.35. The fraction of sp³-hybridized carbons (Fsp3) is 0.889. The summed E-state index contributed by atoms with van der Waals surface area (Å²) in [6, 6.07) is 0.206. The Bertz CT molecular complexity index is 504. The minimum atomic E-state index is -4.11. The van der Waals surface area contributed by atoms with Crippen molar-refractivity contribution in [3.63, 3.8) is 0 Å². The van der Waals surface area contributed by atoms with Crippen LogP contribution in [0.1, 0.15) is 39.0 Å². The normalized spacial score (nSPS) is 22.9. The summed E-state index contributed by atoms with van der Waals surface area (Å²) in [4.78, 5) is 19.4. The lowest BCUT2D eigenvalue weighted by Gasteiger charge is -2.32. The maximum absolute atomic E-state index is 12.4. The summed E-state index contributed by atoms with van der Waals surface area (Å²) in [5.41, 5.74) is 0. The third-order valence-corrected chi connectivity index (χ3v) is 5.36. The number of guanidine groups is 1. The highest BCUT2D eigenvalue weighted by Crippen LogP contribution is 2.24. The van der Waals surface area contributed by atoms with Crippen molar-refractivity contribution in [1.82, 2.24) is 20.4 Å². The third-order valence-electron chi connectivity index (χ3n) is 5.36. The van der Waals surface area contributed by atoms with Gasteiger partial charge in [-0.25, -0.2) is 0 Å². The molecule has 2 rings (SSSR count). The van der Waals surface area contributed by atoms with Crippen LogP contribution in [0, 0.1) is 5.92 Å². The van der Waals surface area contributed by atoms with Crippen molar-refractivity contribution in [2.75, 3.05) is 46.3 Å². The molecule has 1 amide bonds. The number of aliphatic imine (C=N–C) groups is 1. The first-order valence-electron chi connectivity index (χ1n) is 9.84. The maximum Gasteiger partial charge on any atom is 0.401 e. The number of rotatable bonds is 6. The lowest BCUT2D eigenvalue weighted by atomic mass is 9.93. The largest absolute Gasteiger partial charge is 0.401 e. The first kappa shape index (κ1) is 21.8. The van der Waals surface area contributed by atoms with Crippen LogP contribution in [-0.4, -0.2) is 80.2 Å². The molecule has 2 fully saturated rings. The summed E-state index contributed by atoms with van der Waals surface area (Å²) >= 11 is 0. The number of amides is 1. The molecule has 6 nitrogen and oxygen atoms in total. The van der Waals surface area contributed by atoms with Crippen LogP contribution < -0.4 is 10.6 Å². The van der Waals surface area contributed by atoms with Crippen LogP contribution in [0.25, 0.3) is 0 Å². The molecule has 0 radical (unpaired) electrons. The molecule has 27 heavy (non-hydrogen) atoms. The van der Waals surface area contributed by atoms with E-state index in [2.05, 4.69) is 15.6 Å². The molecule has 0 bridgehead atoms. The molecule has 1 atom stereocenters. The van der Waals surface area contributed by atoms with E-state index in [4.69, 9.17) is 0 Å². The van der Waals surface area contributed by atoms with Crippen LogP contribution in [-0.2, 0) is 4.79 Å². The predicted octanol–water partition coefficient (Wildman–Crippen LogP) is 1.83. The van der Waals surface area contributed by atoms with Gasteiger partial charge in [-0.3, -0.25) is 14.7 Å². The van der Waals surface area contributed by atoms with Gasteiger partial charge in [0.05, 0.1) is 6.54 Å². The zero-order chi connectivity index (χ0) is 19.9. The average Bonchev–Trinajstić information content (AvgIpc) is 3.09. The van der Waals surface area contributed by atoms with Crippen molar-refractivity contribution in [3.05, 3.63) is 0 Å². The van der Waals surface area contributed by atoms with Crippen LogP contribution in [0.3, 0.4) is 0 Å². The molecule has 156 valence electrons. The smallest absolute Gasteiger partial charge is 0.356 e. The zero-order valence-electron chi connectivity index (χ0n) is 16.3. The van der Waals surface area contributed by atoms with Crippen LogP contribution >= 0.6 is 0 Å². The van der Waals surface area contributed by atoms with Gasteiger partial charge in [0.25, 0.3) is 0 Å². The first-order chi connectivity index (χ1) is 12.8. The maximum atomic E-state index is 12.4. The lowest BCUT2D eigenvalue weighted by Crippen LogP contribution is -2.45. The second-order valence-corrected chi connectivity index (χ2v) is 7.45. The van der Waals surface area contributed by atoms with E-state index in [1.54, 1.807) is 7.05 Å². The van der Waals surface area contributed by atoms with Crippen molar-refractivity contribution in [1.29, 1.82) is 0 Å². The van der Waals surface area contributed by atoms with Gasteiger partial charge >= 0.3 is 6.18 Å². The van der Waals surface area contributed by atoms with Gasteiger partial charge in [0.1, 0.15) is 0 Å². The van der Waals surface area contributed by atoms with E-state index in [0.717, 1.165) is 44.7 Å².